The normalized spacial score (nSPS) is 33.3. The zero-order valence-electron chi connectivity index (χ0n) is 7.02. The van der Waals surface area contributed by atoms with Crippen LogP contribution >= 0.6 is 0 Å². The molecule has 60 valence electrons. The Balaban J connectivity index is 2.52. The molecule has 1 fully saturated rings. The molecular weight excluding hydrogens is 128 g/mol. The maximum absolute atomic E-state index is 5.49. The minimum atomic E-state index is 0.177. The van der Waals surface area contributed by atoms with Crippen LogP contribution in [0.5, 0.6) is 0 Å². The Hall–Kier alpha value is -0.0800. The molecular formula is C8H16O2. The lowest BCUT2D eigenvalue weighted by atomic mass is 9.89. The summed E-state index contributed by atoms with van der Waals surface area (Å²) in [5.74, 6) is 0. The van der Waals surface area contributed by atoms with Crippen molar-refractivity contribution in [1.29, 1.82) is 0 Å². The number of hydrogen-bond donors (Lipinski definition) is 0. The lowest BCUT2D eigenvalue weighted by molar-refractivity contribution is 0.00589. The SMILES string of the molecule is CC1OCCOCC1(C)C. The second kappa shape index (κ2) is 2.89. The monoisotopic (exact) mass is 144 g/mol. The van der Waals surface area contributed by atoms with E-state index in [1.807, 2.05) is 0 Å². The predicted molar refractivity (Wildman–Crippen MR) is 40.0 cm³/mol. The van der Waals surface area contributed by atoms with Gasteiger partial charge in [-0.3, -0.25) is 0 Å². The van der Waals surface area contributed by atoms with Crippen LogP contribution in [0.1, 0.15) is 20.8 Å². The van der Waals surface area contributed by atoms with Crippen LogP contribution in [0.4, 0.5) is 0 Å². The molecule has 0 spiro atoms. The van der Waals surface area contributed by atoms with Crippen LogP contribution in [-0.2, 0) is 9.47 Å². The molecule has 0 aromatic heterocycles. The zero-order valence-corrected chi connectivity index (χ0v) is 7.02. The fourth-order valence-corrected chi connectivity index (χ4v) is 0.962. The molecule has 0 aromatic carbocycles. The third-order valence-corrected chi connectivity index (χ3v) is 2.17. The summed E-state index contributed by atoms with van der Waals surface area (Å²) in [6.45, 7) is 8.74. The highest BCUT2D eigenvalue weighted by atomic mass is 16.5. The molecule has 2 nitrogen and oxygen atoms in total. The average Bonchev–Trinajstić information content (AvgIpc) is 1.96. The Bertz CT molecular complexity index is 110. The fourth-order valence-electron chi connectivity index (χ4n) is 0.962. The first-order chi connectivity index (χ1) is 4.63. The van der Waals surface area contributed by atoms with Crippen molar-refractivity contribution in [2.75, 3.05) is 19.8 Å². The van der Waals surface area contributed by atoms with Crippen molar-refractivity contribution in [2.45, 2.75) is 26.9 Å². The molecule has 0 N–H and O–H groups in total. The third kappa shape index (κ3) is 1.70. The summed E-state index contributed by atoms with van der Waals surface area (Å²) in [5.41, 5.74) is 0.177. The molecule has 0 aromatic rings. The largest absolute Gasteiger partial charge is 0.378 e. The van der Waals surface area contributed by atoms with Gasteiger partial charge in [0.05, 0.1) is 25.9 Å². The fraction of sp³-hybridized carbons (Fsp3) is 1.00. The Morgan fingerprint density at radius 3 is 2.70 bits per heavy atom. The molecule has 1 rings (SSSR count). The zero-order chi connectivity index (χ0) is 7.61. The summed E-state index contributed by atoms with van der Waals surface area (Å²) in [4.78, 5) is 0. The molecule has 1 aliphatic rings. The summed E-state index contributed by atoms with van der Waals surface area (Å²) < 4.78 is 10.8. The van der Waals surface area contributed by atoms with E-state index in [1.54, 1.807) is 0 Å². The summed E-state index contributed by atoms with van der Waals surface area (Å²) in [7, 11) is 0. The molecule has 1 unspecified atom stereocenters. The van der Waals surface area contributed by atoms with Gasteiger partial charge in [0.2, 0.25) is 0 Å². The molecule has 1 saturated heterocycles. The van der Waals surface area contributed by atoms with E-state index in [1.165, 1.54) is 0 Å². The van der Waals surface area contributed by atoms with Gasteiger partial charge in [-0.25, -0.2) is 0 Å². The van der Waals surface area contributed by atoms with Crippen molar-refractivity contribution < 1.29 is 9.47 Å². The lowest BCUT2D eigenvalue weighted by Crippen LogP contribution is -2.31. The number of ether oxygens (including phenoxy) is 2. The second-order valence-electron chi connectivity index (χ2n) is 3.55. The second-order valence-corrected chi connectivity index (χ2v) is 3.55. The van der Waals surface area contributed by atoms with Gasteiger partial charge < -0.3 is 9.47 Å². The van der Waals surface area contributed by atoms with Crippen molar-refractivity contribution >= 4 is 0 Å². The van der Waals surface area contributed by atoms with E-state index in [4.69, 9.17) is 9.47 Å². The summed E-state index contributed by atoms with van der Waals surface area (Å²) in [6, 6.07) is 0. The summed E-state index contributed by atoms with van der Waals surface area (Å²) in [5, 5.41) is 0. The molecule has 0 saturated carbocycles. The maximum atomic E-state index is 5.49. The predicted octanol–water partition coefficient (Wildman–Crippen LogP) is 1.45. The van der Waals surface area contributed by atoms with Crippen LogP contribution in [0.3, 0.4) is 0 Å². The number of rotatable bonds is 0. The topological polar surface area (TPSA) is 18.5 Å². The van der Waals surface area contributed by atoms with E-state index in [9.17, 15) is 0 Å². The maximum Gasteiger partial charge on any atom is 0.0704 e. The van der Waals surface area contributed by atoms with Crippen molar-refractivity contribution in [3.05, 3.63) is 0 Å². The van der Waals surface area contributed by atoms with Gasteiger partial charge in [-0.15, -0.1) is 0 Å². The van der Waals surface area contributed by atoms with Gasteiger partial charge in [-0.05, 0) is 6.92 Å². The van der Waals surface area contributed by atoms with Crippen molar-refractivity contribution in [1.82, 2.24) is 0 Å². The van der Waals surface area contributed by atoms with Gasteiger partial charge in [0.1, 0.15) is 0 Å². The Morgan fingerprint density at radius 1 is 1.30 bits per heavy atom. The molecule has 0 aliphatic carbocycles. The van der Waals surface area contributed by atoms with E-state index in [0.29, 0.717) is 6.10 Å². The van der Waals surface area contributed by atoms with Gasteiger partial charge in [0.15, 0.2) is 0 Å². The van der Waals surface area contributed by atoms with E-state index < -0.39 is 0 Å². The quantitative estimate of drug-likeness (QED) is 0.512. The average molecular weight is 144 g/mol. The number of hydrogen-bond acceptors (Lipinski definition) is 2. The van der Waals surface area contributed by atoms with Crippen LogP contribution in [-0.4, -0.2) is 25.9 Å². The third-order valence-electron chi connectivity index (χ3n) is 2.17. The minimum absolute atomic E-state index is 0.177. The van der Waals surface area contributed by atoms with E-state index >= 15 is 0 Å². The van der Waals surface area contributed by atoms with Gasteiger partial charge in [0, 0.05) is 5.41 Å². The molecule has 1 aliphatic heterocycles. The van der Waals surface area contributed by atoms with Gasteiger partial charge >= 0.3 is 0 Å². The van der Waals surface area contributed by atoms with Crippen LogP contribution in [0.25, 0.3) is 0 Å². The summed E-state index contributed by atoms with van der Waals surface area (Å²) in [6.07, 6.45) is 0.315. The first-order valence-electron chi connectivity index (χ1n) is 3.82. The Labute approximate surface area is 62.5 Å². The molecule has 0 radical (unpaired) electrons. The van der Waals surface area contributed by atoms with Crippen LogP contribution in [0.2, 0.25) is 0 Å². The van der Waals surface area contributed by atoms with Crippen LogP contribution in [0.15, 0.2) is 0 Å². The smallest absolute Gasteiger partial charge is 0.0704 e. The molecule has 10 heavy (non-hydrogen) atoms. The first-order valence-corrected chi connectivity index (χ1v) is 3.82. The van der Waals surface area contributed by atoms with Crippen molar-refractivity contribution in [3.63, 3.8) is 0 Å². The van der Waals surface area contributed by atoms with Gasteiger partial charge in [-0.1, -0.05) is 13.8 Å². The highest BCUT2D eigenvalue weighted by molar-refractivity contribution is 4.76. The van der Waals surface area contributed by atoms with Gasteiger partial charge in [-0.2, -0.15) is 0 Å². The van der Waals surface area contributed by atoms with Crippen LogP contribution < -0.4 is 0 Å². The molecule has 2 heteroatoms. The molecule has 1 heterocycles. The van der Waals surface area contributed by atoms with Crippen LogP contribution in [0, 0.1) is 5.41 Å². The first kappa shape index (κ1) is 8.02. The van der Waals surface area contributed by atoms with E-state index in [-0.39, 0.29) is 5.41 Å². The van der Waals surface area contributed by atoms with Crippen molar-refractivity contribution in [3.8, 4) is 0 Å². The van der Waals surface area contributed by atoms with E-state index in [0.717, 1.165) is 19.8 Å². The minimum Gasteiger partial charge on any atom is -0.378 e. The van der Waals surface area contributed by atoms with E-state index in [2.05, 4.69) is 20.8 Å². The Kier molecular flexibility index (Phi) is 2.32. The summed E-state index contributed by atoms with van der Waals surface area (Å²) >= 11 is 0. The lowest BCUT2D eigenvalue weighted by Gasteiger charge is -2.27. The molecule has 0 amide bonds. The highest BCUT2D eigenvalue weighted by Crippen LogP contribution is 2.25. The molecule has 0 bridgehead atoms. The van der Waals surface area contributed by atoms with Crippen molar-refractivity contribution in [2.24, 2.45) is 5.41 Å². The highest BCUT2D eigenvalue weighted by Gasteiger charge is 2.28. The molecule has 1 atom stereocenters. The Morgan fingerprint density at radius 2 is 2.00 bits per heavy atom. The standard InChI is InChI=1S/C8H16O2/c1-7-8(2,3)6-9-4-5-10-7/h7H,4-6H2,1-3H3. The van der Waals surface area contributed by atoms with Gasteiger partial charge in [0.25, 0.3) is 0 Å².